The van der Waals surface area contributed by atoms with Crippen LogP contribution in [0.2, 0.25) is 0 Å². The number of anilines is 1. The second kappa shape index (κ2) is 5.76. The fourth-order valence-electron chi connectivity index (χ4n) is 1.76. The second-order valence-electron chi connectivity index (χ2n) is 4.83. The molecule has 2 N–H and O–H groups in total. The number of amides is 1. The van der Waals surface area contributed by atoms with Crippen molar-refractivity contribution in [2.45, 2.75) is 26.8 Å². The molecule has 1 amide bonds. The first kappa shape index (κ1) is 14.4. The molecule has 18 heavy (non-hydrogen) atoms. The maximum Gasteiger partial charge on any atom is 0.259 e. The van der Waals surface area contributed by atoms with E-state index in [9.17, 15) is 4.79 Å². The Kier molecular flexibility index (Phi) is 4.59. The van der Waals surface area contributed by atoms with Gasteiger partial charge in [-0.1, -0.05) is 19.9 Å². The van der Waals surface area contributed by atoms with Crippen molar-refractivity contribution in [1.82, 2.24) is 4.90 Å². The SMILES string of the molecule is COc1cccc(N)c1C(=O)N(C)C(C)C(C)C. The summed E-state index contributed by atoms with van der Waals surface area (Å²) in [6, 6.07) is 5.37. The van der Waals surface area contributed by atoms with Crippen LogP contribution in [0, 0.1) is 5.92 Å². The molecule has 0 spiro atoms. The van der Waals surface area contributed by atoms with Gasteiger partial charge in [0.15, 0.2) is 0 Å². The zero-order valence-corrected chi connectivity index (χ0v) is 11.7. The summed E-state index contributed by atoms with van der Waals surface area (Å²) >= 11 is 0. The number of nitrogen functional groups attached to an aromatic ring is 1. The Balaban J connectivity index is 3.11. The first-order valence-corrected chi connectivity index (χ1v) is 6.09. The van der Waals surface area contributed by atoms with Crippen molar-refractivity contribution < 1.29 is 9.53 Å². The molecule has 100 valence electrons. The van der Waals surface area contributed by atoms with E-state index in [0.29, 0.717) is 22.9 Å². The molecule has 4 nitrogen and oxygen atoms in total. The first-order valence-electron chi connectivity index (χ1n) is 6.09. The molecule has 0 radical (unpaired) electrons. The van der Waals surface area contributed by atoms with Crippen LogP contribution in [0.3, 0.4) is 0 Å². The molecule has 0 aliphatic heterocycles. The van der Waals surface area contributed by atoms with Crippen molar-refractivity contribution in [2.75, 3.05) is 19.9 Å². The molecular formula is C14H22N2O2. The number of benzene rings is 1. The number of carbonyl (C=O) groups is 1. The fraction of sp³-hybridized carbons (Fsp3) is 0.500. The Bertz CT molecular complexity index is 430. The minimum Gasteiger partial charge on any atom is -0.496 e. The van der Waals surface area contributed by atoms with E-state index in [0.717, 1.165) is 0 Å². The van der Waals surface area contributed by atoms with Gasteiger partial charge in [-0.15, -0.1) is 0 Å². The van der Waals surface area contributed by atoms with Gasteiger partial charge in [0, 0.05) is 18.8 Å². The molecule has 1 rings (SSSR count). The van der Waals surface area contributed by atoms with E-state index >= 15 is 0 Å². The molecule has 1 aromatic rings. The smallest absolute Gasteiger partial charge is 0.259 e. The van der Waals surface area contributed by atoms with E-state index in [4.69, 9.17) is 10.5 Å². The quantitative estimate of drug-likeness (QED) is 0.835. The van der Waals surface area contributed by atoms with Gasteiger partial charge in [0.1, 0.15) is 11.3 Å². The van der Waals surface area contributed by atoms with E-state index in [1.807, 2.05) is 6.92 Å². The van der Waals surface area contributed by atoms with Gasteiger partial charge in [0.05, 0.1) is 7.11 Å². The molecule has 0 aliphatic carbocycles. The normalized spacial score (nSPS) is 12.3. The highest BCUT2D eigenvalue weighted by Crippen LogP contribution is 2.26. The predicted molar refractivity (Wildman–Crippen MR) is 73.8 cm³/mol. The van der Waals surface area contributed by atoms with Crippen molar-refractivity contribution in [1.29, 1.82) is 0 Å². The number of hydrogen-bond donors (Lipinski definition) is 1. The Morgan fingerprint density at radius 2 is 1.94 bits per heavy atom. The van der Waals surface area contributed by atoms with E-state index in [1.165, 1.54) is 7.11 Å². The lowest BCUT2D eigenvalue weighted by atomic mass is 10.0. The summed E-state index contributed by atoms with van der Waals surface area (Å²) in [4.78, 5) is 14.2. The number of ether oxygens (including phenoxy) is 1. The average Bonchev–Trinajstić information content (AvgIpc) is 2.35. The first-order chi connectivity index (χ1) is 8.40. The zero-order valence-electron chi connectivity index (χ0n) is 11.7. The molecule has 0 bridgehead atoms. The van der Waals surface area contributed by atoms with Gasteiger partial charge < -0.3 is 15.4 Å². The topological polar surface area (TPSA) is 55.6 Å². The number of nitrogens with zero attached hydrogens (tertiary/aromatic N) is 1. The van der Waals surface area contributed by atoms with Crippen LogP contribution in [-0.2, 0) is 0 Å². The maximum atomic E-state index is 12.5. The van der Waals surface area contributed by atoms with Crippen LogP contribution in [0.4, 0.5) is 5.69 Å². The standard InChI is InChI=1S/C14H22N2O2/c1-9(2)10(3)16(4)14(17)13-11(15)7-6-8-12(13)18-5/h6-10H,15H2,1-5H3. The van der Waals surface area contributed by atoms with Gasteiger partial charge in [0.2, 0.25) is 0 Å². The van der Waals surface area contributed by atoms with Crippen molar-refractivity contribution >= 4 is 11.6 Å². The van der Waals surface area contributed by atoms with E-state index in [1.54, 1.807) is 30.1 Å². The van der Waals surface area contributed by atoms with Crippen molar-refractivity contribution in [3.8, 4) is 5.75 Å². The Hall–Kier alpha value is -1.71. The van der Waals surface area contributed by atoms with Crippen molar-refractivity contribution in [2.24, 2.45) is 5.92 Å². The van der Waals surface area contributed by atoms with Gasteiger partial charge in [-0.2, -0.15) is 0 Å². The summed E-state index contributed by atoms with van der Waals surface area (Å²) in [5, 5.41) is 0. The van der Waals surface area contributed by atoms with E-state index < -0.39 is 0 Å². The third kappa shape index (κ3) is 2.75. The number of hydrogen-bond acceptors (Lipinski definition) is 3. The molecule has 0 heterocycles. The maximum absolute atomic E-state index is 12.5. The Labute approximate surface area is 109 Å². The van der Waals surface area contributed by atoms with Gasteiger partial charge in [-0.05, 0) is 25.0 Å². The van der Waals surface area contributed by atoms with E-state index in [-0.39, 0.29) is 11.9 Å². The average molecular weight is 250 g/mol. The molecule has 0 saturated carbocycles. The molecular weight excluding hydrogens is 228 g/mol. The third-order valence-corrected chi connectivity index (χ3v) is 3.39. The molecule has 0 saturated heterocycles. The second-order valence-corrected chi connectivity index (χ2v) is 4.83. The summed E-state index contributed by atoms with van der Waals surface area (Å²) < 4.78 is 5.21. The number of methoxy groups -OCH3 is 1. The minimum atomic E-state index is -0.105. The van der Waals surface area contributed by atoms with Crippen LogP contribution < -0.4 is 10.5 Å². The molecule has 1 unspecified atom stereocenters. The summed E-state index contributed by atoms with van der Waals surface area (Å²) in [7, 11) is 3.33. The highest BCUT2D eigenvalue weighted by atomic mass is 16.5. The van der Waals surface area contributed by atoms with Gasteiger partial charge in [-0.3, -0.25) is 4.79 Å². The number of nitrogens with two attached hydrogens (primary N) is 1. The van der Waals surface area contributed by atoms with Gasteiger partial charge in [-0.25, -0.2) is 0 Å². The monoisotopic (exact) mass is 250 g/mol. The fourth-order valence-corrected chi connectivity index (χ4v) is 1.76. The van der Waals surface area contributed by atoms with Gasteiger partial charge >= 0.3 is 0 Å². The lowest BCUT2D eigenvalue weighted by molar-refractivity contribution is 0.0705. The van der Waals surface area contributed by atoms with Crippen molar-refractivity contribution in [3.63, 3.8) is 0 Å². The highest BCUT2D eigenvalue weighted by molar-refractivity contribution is 6.01. The summed E-state index contributed by atoms with van der Waals surface area (Å²) in [5.41, 5.74) is 6.77. The van der Waals surface area contributed by atoms with E-state index in [2.05, 4.69) is 13.8 Å². The Morgan fingerprint density at radius 3 is 2.44 bits per heavy atom. The summed E-state index contributed by atoms with van der Waals surface area (Å²) in [6.07, 6.45) is 0. The van der Waals surface area contributed by atoms with Gasteiger partial charge in [0.25, 0.3) is 5.91 Å². The van der Waals surface area contributed by atoms with Crippen LogP contribution >= 0.6 is 0 Å². The zero-order chi connectivity index (χ0) is 13.9. The Morgan fingerprint density at radius 1 is 1.33 bits per heavy atom. The molecule has 0 aromatic heterocycles. The lowest BCUT2D eigenvalue weighted by Gasteiger charge is -2.28. The molecule has 1 atom stereocenters. The number of carbonyl (C=O) groups excluding carboxylic acids is 1. The third-order valence-electron chi connectivity index (χ3n) is 3.39. The molecule has 0 fully saturated rings. The lowest BCUT2D eigenvalue weighted by Crippen LogP contribution is -2.38. The van der Waals surface area contributed by atoms with Crippen LogP contribution in [0.25, 0.3) is 0 Å². The highest BCUT2D eigenvalue weighted by Gasteiger charge is 2.24. The predicted octanol–water partition coefficient (Wildman–Crippen LogP) is 2.39. The summed E-state index contributed by atoms with van der Waals surface area (Å²) in [5.74, 6) is 0.795. The van der Waals surface area contributed by atoms with Crippen LogP contribution in [-0.4, -0.2) is 31.0 Å². The molecule has 0 aliphatic rings. The largest absolute Gasteiger partial charge is 0.496 e. The molecule has 1 aromatic carbocycles. The van der Waals surface area contributed by atoms with Crippen molar-refractivity contribution in [3.05, 3.63) is 23.8 Å². The van der Waals surface area contributed by atoms with Crippen LogP contribution in [0.15, 0.2) is 18.2 Å². The minimum absolute atomic E-state index is 0.105. The van der Waals surface area contributed by atoms with Crippen LogP contribution in [0.1, 0.15) is 31.1 Å². The molecule has 4 heteroatoms. The summed E-state index contributed by atoms with van der Waals surface area (Å²) in [6.45, 7) is 6.19. The van der Waals surface area contributed by atoms with Crippen LogP contribution in [0.5, 0.6) is 5.75 Å². The number of rotatable bonds is 4.